The number of carbonyl (C=O) groups excluding carboxylic acids is 1. The predicted molar refractivity (Wildman–Crippen MR) is 47.0 cm³/mol. The first-order valence-corrected chi connectivity index (χ1v) is 4.10. The van der Waals surface area contributed by atoms with Gasteiger partial charge in [-0.15, -0.1) is 6.42 Å². The van der Waals surface area contributed by atoms with Crippen molar-refractivity contribution >= 4 is 5.97 Å². The molecule has 0 aromatic carbocycles. The smallest absolute Gasteiger partial charge is 0.328 e. The van der Waals surface area contributed by atoms with Crippen molar-refractivity contribution in [1.82, 2.24) is 5.32 Å². The molecule has 1 aliphatic heterocycles. The molecule has 1 aliphatic rings. The van der Waals surface area contributed by atoms with Crippen molar-refractivity contribution in [3.05, 3.63) is 0 Å². The number of esters is 1. The zero-order chi connectivity index (χ0) is 9.73. The van der Waals surface area contributed by atoms with E-state index in [2.05, 4.69) is 16.0 Å². The summed E-state index contributed by atoms with van der Waals surface area (Å²) in [7, 11) is 1.36. The quantitative estimate of drug-likeness (QED) is 0.475. The van der Waals surface area contributed by atoms with E-state index < -0.39 is 5.54 Å². The van der Waals surface area contributed by atoms with E-state index in [0.29, 0.717) is 26.2 Å². The summed E-state index contributed by atoms with van der Waals surface area (Å²) >= 11 is 0. The molecule has 0 amide bonds. The van der Waals surface area contributed by atoms with Crippen molar-refractivity contribution in [1.29, 1.82) is 0 Å². The number of methoxy groups -OCH3 is 1. The third kappa shape index (κ3) is 2.00. The second-order valence-corrected chi connectivity index (χ2v) is 2.93. The molecular weight excluding hydrogens is 170 g/mol. The highest BCUT2D eigenvalue weighted by atomic mass is 16.5. The lowest BCUT2D eigenvalue weighted by Crippen LogP contribution is -2.53. The predicted octanol–water partition coefficient (Wildman–Crippen LogP) is -0.459. The third-order valence-electron chi connectivity index (χ3n) is 2.13. The highest BCUT2D eigenvalue weighted by molar-refractivity contribution is 5.81. The van der Waals surface area contributed by atoms with Gasteiger partial charge >= 0.3 is 5.97 Å². The SMILES string of the molecule is C#CCNC1(C(=O)OC)CCOC1. The molecule has 1 unspecified atom stereocenters. The fourth-order valence-corrected chi connectivity index (χ4v) is 1.35. The minimum absolute atomic E-state index is 0.305. The lowest BCUT2D eigenvalue weighted by atomic mass is 9.99. The van der Waals surface area contributed by atoms with Crippen molar-refractivity contribution in [3.63, 3.8) is 0 Å². The molecule has 1 N–H and O–H groups in total. The van der Waals surface area contributed by atoms with Gasteiger partial charge in [-0.1, -0.05) is 5.92 Å². The van der Waals surface area contributed by atoms with Gasteiger partial charge < -0.3 is 9.47 Å². The Bertz CT molecular complexity index is 226. The van der Waals surface area contributed by atoms with Crippen LogP contribution in [-0.2, 0) is 14.3 Å². The lowest BCUT2D eigenvalue weighted by Gasteiger charge is -2.24. The molecule has 1 rings (SSSR count). The number of hydrogen-bond donors (Lipinski definition) is 1. The summed E-state index contributed by atoms with van der Waals surface area (Å²) in [6, 6.07) is 0. The van der Waals surface area contributed by atoms with Crippen molar-refractivity contribution in [2.24, 2.45) is 0 Å². The zero-order valence-corrected chi connectivity index (χ0v) is 7.63. The highest BCUT2D eigenvalue weighted by Crippen LogP contribution is 2.19. The third-order valence-corrected chi connectivity index (χ3v) is 2.13. The maximum atomic E-state index is 11.4. The topological polar surface area (TPSA) is 47.6 Å². The van der Waals surface area contributed by atoms with E-state index in [1.165, 1.54) is 7.11 Å². The van der Waals surface area contributed by atoms with Gasteiger partial charge in [0, 0.05) is 13.0 Å². The first kappa shape index (κ1) is 10.0. The molecule has 4 heteroatoms. The molecule has 1 saturated heterocycles. The standard InChI is InChI=1S/C9H13NO3/c1-3-5-10-9(8(11)12-2)4-6-13-7-9/h1,10H,4-7H2,2H3. The fraction of sp³-hybridized carbons (Fsp3) is 0.667. The largest absolute Gasteiger partial charge is 0.468 e. The van der Waals surface area contributed by atoms with Crippen LogP contribution in [0.15, 0.2) is 0 Å². The van der Waals surface area contributed by atoms with Gasteiger partial charge in [-0.3, -0.25) is 5.32 Å². The van der Waals surface area contributed by atoms with E-state index in [4.69, 9.17) is 11.2 Å². The maximum Gasteiger partial charge on any atom is 0.328 e. The van der Waals surface area contributed by atoms with Gasteiger partial charge in [0.05, 0.1) is 20.3 Å². The summed E-state index contributed by atoms with van der Waals surface area (Å²) in [6.45, 7) is 1.24. The van der Waals surface area contributed by atoms with Crippen LogP contribution < -0.4 is 5.32 Å². The molecule has 1 atom stereocenters. The van der Waals surface area contributed by atoms with Crippen LogP contribution in [0.2, 0.25) is 0 Å². The molecule has 0 aromatic rings. The molecule has 72 valence electrons. The monoisotopic (exact) mass is 183 g/mol. The highest BCUT2D eigenvalue weighted by Gasteiger charge is 2.42. The van der Waals surface area contributed by atoms with Crippen molar-refractivity contribution in [2.75, 3.05) is 26.9 Å². The van der Waals surface area contributed by atoms with Crippen LogP contribution in [0.4, 0.5) is 0 Å². The Labute approximate surface area is 77.6 Å². The van der Waals surface area contributed by atoms with Crippen LogP contribution in [0.5, 0.6) is 0 Å². The van der Waals surface area contributed by atoms with Crippen LogP contribution in [0, 0.1) is 12.3 Å². The number of nitrogens with one attached hydrogen (secondary N) is 1. The number of ether oxygens (including phenoxy) is 2. The molecule has 0 aromatic heterocycles. The summed E-state index contributed by atoms with van der Waals surface area (Å²) in [5.74, 6) is 2.12. The van der Waals surface area contributed by atoms with E-state index in [1.807, 2.05) is 0 Å². The van der Waals surface area contributed by atoms with Crippen LogP contribution in [0.25, 0.3) is 0 Å². The molecule has 0 saturated carbocycles. The number of terminal acetylenes is 1. The molecule has 13 heavy (non-hydrogen) atoms. The summed E-state index contributed by atoms with van der Waals surface area (Å²) < 4.78 is 9.83. The Morgan fingerprint density at radius 1 is 1.85 bits per heavy atom. The van der Waals surface area contributed by atoms with E-state index in [0.717, 1.165) is 0 Å². The number of rotatable bonds is 3. The number of hydrogen-bond acceptors (Lipinski definition) is 4. The second kappa shape index (κ2) is 4.26. The molecule has 0 radical (unpaired) electrons. The Morgan fingerprint density at radius 3 is 3.08 bits per heavy atom. The minimum Gasteiger partial charge on any atom is -0.468 e. The van der Waals surface area contributed by atoms with E-state index in [-0.39, 0.29) is 5.97 Å². The minimum atomic E-state index is -0.721. The second-order valence-electron chi connectivity index (χ2n) is 2.93. The Hall–Kier alpha value is -1.05. The Balaban J connectivity index is 2.64. The first-order valence-electron chi connectivity index (χ1n) is 4.10. The van der Waals surface area contributed by atoms with Gasteiger partial charge in [-0.25, -0.2) is 4.79 Å². The molecule has 1 fully saturated rings. The molecular formula is C9H13NO3. The fourth-order valence-electron chi connectivity index (χ4n) is 1.35. The lowest BCUT2D eigenvalue weighted by molar-refractivity contribution is -0.148. The molecule has 4 nitrogen and oxygen atoms in total. The number of carbonyl (C=O) groups is 1. The average molecular weight is 183 g/mol. The van der Waals surface area contributed by atoms with E-state index in [1.54, 1.807) is 0 Å². The van der Waals surface area contributed by atoms with Crippen molar-refractivity contribution in [2.45, 2.75) is 12.0 Å². The summed E-state index contributed by atoms with van der Waals surface area (Å²) in [5, 5.41) is 2.96. The van der Waals surface area contributed by atoms with Gasteiger partial charge in [-0.05, 0) is 0 Å². The molecule has 0 bridgehead atoms. The summed E-state index contributed by atoms with van der Waals surface area (Å²) in [4.78, 5) is 11.4. The van der Waals surface area contributed by atoms with Crippen molar-refractivity contribution in [3.8, 4) is 12.3 Å². The molecule has 1 heterocycles. The average Bonchev–Trinajstić information content (AvgIpc) is 2.63. The van der Waals surface area contributed by atoms with Gasteiger partial charge in [0.15, 0.2) is 0 Å². The van der Waals surface area contributed by atoms with Crippen molar-refractivity contribution < 1.29 is 14.3 Å². The summed E-state index contributed by atoms with van der Waals surface area (Å²) in [6.07, 6.45) is 5.71. The van der Waals surface area contributed by atoms with Crippen LogP contribution in [0.3, 0.4) is 0 Å². The van der Waals surface area contributed by atoms with Crippen LogP contribution in [0.1, 0.15) is 6.42 Å². The van der Waals surface area contributed by atoms with Gasteiger partial charge in [0.25, 0.3) is 0 Å². The van der Waals surface area contributed by atoms with Crippen LogP contribution >= 0.6 is 0 Å². The van der Waals surface area contributed by atoms with E-state index in [9.17, 15) is 4.79 Å². The molecule has 0 aliphatic carbocycles. The van der Waals surface area contributed by atoms with Crippen LogP contribution in [-0.4, -0.2) is 38.4 Å². The summed E-state index contributed by atoms with van der Waals surface area (Å²) in [5.41, 5.74) is -0.721. The Kier molecular flexibility index (Phi) is 3.29. The van der Waals surface area contributed by atoms with E-state index >= 15 is 0 Å². The van der Waals surface area contributed by atoms with Gasteiger partial charge in [0.1, 0.15) is 5.54 Å². The Morgan fingerprint density at radius 2 is 2.62 bits per heavy atom. The zero-order valence-electron chi connectivity index (χ0n) is 7.63. The van der Waals surface area contributed by atoms with Gasteiger partial charge in [0.2, 0.25) is 0 Å². The molecule has 0 spiro atoms. The first-order chi connectivity index (χ1) is 6.25. The maximum absolute atomic E-state index is 11.4. The van der Waals surface area contributed by atoms with Gasteiger partial charge in [-0.2, -0.15) is 0 Å². The normalized spacial score (nSPS) is 26.8.